The number of nitrogens with one attached hydrogen (secondary N) is 3. The molecule has 3 N–H and O–H groups in total. The molecule has 9 nitrogen and oxygen atoms in total. The molecule has 24 heavy (non-hydrogen) atoms. The molecule has 1 aromatic heterocycles. The van der Waals surface area contributed by atoms with E-state index in [1.165, 1.54) is 4.57 Å². The van der Waals surface area contributed by atoms with Gasteiger partial charge in [0.25, 0.3) is 0 Å². The Bertz CT molecular complexity index is 821. The van der Waals surface area contributed by atoms with Crippen molar-refractivity contribution in [3.05, 3.63) is 34.8 Å². The molecule has 2 rings (SSSR count). The van der Waals surface area contributed by atoms with Crippen molar-refractivity contribution in [2.75, 3.05) is 0 Å². The molecule has 0 unspecified atom stereocenters. The summed E-state index contributed by atoms with van der Waals surface area (Å²) in [5.74, 6) is -2.92. The highest BCUT2D eigenvalue weighted by Crippen LogP contribution is 2.11. The largest absolute Gasteiger partial charge is 0.419 e. The number of carbonyl (C=O) groups is 3. The van der Waals surface area contributed by atoms with Crippen LogP contribution < -0.4 is 21.9 Å². The minimum absolute atomic E-state index is 0.0739. The lowest BCUT2D eigenvalue weighted by molar-refractivity contribution is -0.141. The summed E-state index contributed by atoms with van der Waals surface area (Å²) in [7, 11) is 0. The van der Waals surface area contributed by atoms with Gasteiger partial charge in [0.2, 0.25) is 5.91 Å². The number of oxazole rings is 1. The Morgan fingerprint density at radius 3 is 2.54 bits per heavy atom. The average Bonchev–Trinajstić information content (AvgIpc) is 2.85. The lowest BCUT2D eigenvalue weighted by Gasteiger charge is -2.09. The second kappa shape index (κ2) is 7.44. The van der Waals surface area contributed by atoms with Crippen LogP contribution in [0.1, 0.15) is 20.3 Å². The van der Waals surface area contributed by atoms with Gasteiger partial charge in [0.15, 0.2) is 5.58 Å². The van der Waals surface area contributed by atoms with Crippen molar-refractivity contribution in [2.24, 2.45) is 0 Å². The summed E-state index contributed by atoms with van der Waals surface area (Å²) >= 11 is 0. The van der Waals surface area contributed by atoms with E-state index in [4.69, 9.17) is 4.42 Å². The normalized spacial score (nSPS) is 10.6. The average molecular weight is 334 g/mol. The van der Waals surface area contributed by atoms with Crippen LogP contribution in [-0.4, -0.2) is 28.3 Å². The van der Waals surface area contributed by atoms with E-state index >= 15 is 0 Å². The lowest BCUT2D eigenvalue weighted by Crippen LogP contribution is -2.49. The van der Waals surface area contributed by atoms with Gasteiger partial charge >= 0.3 is 17.6 Å². The van der Waals surface area contributed by atoms with E-state index in [2.05, 4.69) is 10.7 Å². The zero-order valence-electron chi connectivity index (χ0n) is 13.3. The van der Waals surface area contributed by atoms with Crippen LogP contribution in [0.25, 0.3) is 11.1 Å². The number of benzene rings is 1. The fourth-order valence-corrected chi connectivity index (χ4v) is 2.01. The van der Waals surface area contributed by atoms with Crippen LogP contribution >= 0.6 is 0 Å². The molecule has 1 heterocycles. The molecule has 128 valence electrons. The Morgan fingerprint density at radius 1 is 1.12 bits per heavy atom. The van der Waals surface area contributed by atoms with Gasteiger partial charge in [-0.15, -0.1) is 0 Å². The van der Waals surface area contributed by atoms with E-state index in [9.17, 15) is 19.2 Å². The predicted molar refractivity (Wildman–Crippen MR) is 84.7 cm³/mol. The zero-order chi connectivity index (χ0) is 17.7. The van der Waals surface area contributed by atoms with Crippen LogP contribution in [-0.2, 0) is 20.9 Å². The minimum Gasteiger partial charge on any atom is -0.408 e. The highest BCUT2D eigenvalue weighted by molar-refractivity contribution is 6.35. The summed E-state index contributed by atoms with van der Waals surface area (Å²) in [6.45, 7) is 3.49. The molecule has 0 aliphatic carbocycles. The minimum atomic E-state index is -0.969. The molecule has 0 fully saturated rings. The fourth-order valence-electron chi connectivity index (χ4n) is 2.01. The first kappa shape index (κ1) is 17.3. The first-order valence-corrected chi connectivity index (χ1v) is 7.36. The third-order valence-electron chi connectivity index (χ3n) is 3.08. The Kier molecular flexibility index (Phi) is 5.35. The molecule has 0 atom stereocenters. The maximum Gasteiger partial charge on any atom is 0.419 e. The topological polar surface area (TPSA) is 122 Å². The van der Waals surface area contributed by atoms with Crippen molar-refractivity contribution >= 4 is 28.8 Å². The van der Waals surface area contributed by atoms with Gasteiger partial charge in [-0.2, -0.15) is 0 Å². The highest BCUT2D eigenvalue weighted by atomic mass is 16.4. The Morgan fingerprint density at radius 2 is 1.83 bits per heavy atom. The van der Waals surface area contributed by atoms with E-state index in [0.717, 1.165) is 0 Å². The van der Waals surface area contributed by atoms with Crippen molar-refractivity contribution in [2.45, 2.75) is 32.9 Å². The van der Waals surface area contributed by atoms with Crippen LogP contribution in [0.5, 0.6) is 0 Å². The summed E-state index contributed by atoms with van der Waals surface area (Å²) in [6.07, 6.45) is -0.0739. The first-order chi connectivity index (χ1) is 11.4. The van der Waals surface area contributed by atoms with Gasteiger partial charge in [-0.1, -0.05) is 12.1 Å². The second-order valence-electron chi connectivity index (χ2n) is 5.37. The monoisotopic (exact) mass is 334 g/mol. The summed E-state index contributed by atoms with van der Waals surface area (Å²) in [5, 5.41) is 2.39. The van der Waals surface area contributed by atoms with Crippen molar-refractivity contribution in [3.63, 3.8) is 0 Å². The van der Waals surface area contributed by atoms with E-state index in [0.29, 0.717) is 11.1 Å². The molecule has 0 saturated carbocycles. The van der Waals surface area contributed by atoms with Crippen LogP contribution in [0.3, 0.4) is 0 Å². The number of fused-ring (bicyclic) bond motifs is 1. The van der Waals surface area contributed by atoms with Crippen LogP contribution in [0.2, 0.25) is 0 Å². The van der Waals surface area contributed by atoms with Gasteiger partial charge in [0.05, 0.1) is 5.52 Å². The van der Waals surface area contributed by atoms with Gasteiger partial charge < -0.3 is 9.73 Å². The third kappa shape index (κ3) is 4.22. The van der Waals surface area contributed by atoms with Crippen molar-refractivity contribution in [1.29, 1.82) is 0 Å². The molecule has 2 aromatic rings. The summed E-state index contributed by atoms with van der Waals surface area (Å²) in [4.78, 5) is 46.3. The molecular formula is C15H18N4O5. The molecule has 0 spiro atoms. The van der Waals surface area contributed by atoms with E-state index < -0.39 is 23.5 Å². The molecule has 1 aromatic carbocycles. The fraction of sp³-hybridized carbons (Fsp3) is 0.333. The predicted octanol–water partition coefficient (Wildman–Crippen LogP) is -0.343. The summed E-state index contributed by atoms with van der Waals surface area (Å²) < 4.78 is 6.37. The summed E-state index contributed by atoms with van der Waals surface area (Å²) in [6, 6.07) is 6.65. The van der Waals surface area contributed by atoms with Crippen LogP contribution in [0.15, 0.2) is 33.5 Å². The quantitative estimate of drug-likeness (QED) is 0.521. The van der Waals surface area contributed by atoms with Gasteiger partial charge in [0, 0.05) is 19.0 Å². The lowest BCUT2D eigenvalue weighted by atomic mass is 10.3. The number of para-hydroxylation sites is 2. The third-order valence-corrected chi connectivity index (χ3v) is 3.08. The van der Waals surface area contributed by atoms with E-state index in [1.54, 1.807) is 38.1 Å². The molecule has 3 amide bonds. The van der Waals surface area contributed by atoms with Crippen molar-refractivity contribution < 1.29 is 18.8 Å². The number of nitrogens with zero attached hydrogens (tertiary/aromatic N) is 1. The van der Waals surface area contributed by atoms with Gasteiger partial charge in [0.1, 0.15) is 0 Å². The number of hydrogen-bond donors (Lipinski definition) is 3. The molecule has 0 bridgehead atoms. The Labute approximate surface area is 137 Å². The Balaban J connectivity index is 1.87. The van der Waals surface area contributed by atoms with Crippen LogP contribution in [0.4, 0.5) is 0 Å². The molecular weight excluding hydrogens is 316 g/mol. The number of carbonyl (C=O) groups excluding carboxylic acids is 3. The molecule has 0 aliphatic rings. The molecule has 0 aliphatic heterocycles. The number of aromatic nitrogens is 1. The standard InChI is InChI=1S/C15H18N4O5/c1-9(2)16-13(21)14(22)18-17-12(20)7-8-19-10-5-3-4-6-11(10)24-15(19)23/h3-6,9H,7-8H2,1-2H3,(H,16,21)(H,17,20)(H,18,22). The number of rotatable bonds is 4. The summed E-state index contributed by atoms with van der Waals surface area (Å²) in [5.41, 5.74) is 5.14. The highest BCUT2D eigenvalue weighted by Gasteiger charge is 2.15. The SMILES string of the molecule is CC(C)NC(=O)C(=O)NNC(=O)CCn1c(=O)oc2ccccc21. The molecule has 0 saturated heterocycles. The second-order valence-corrected chi connectivity index (χ2v) is 5.37. The van der Waals surface area contributed by atoms with Gasteiger partial charge in [-0.05, 0) is 26.0 Å². The van der Waals surface area contributed by atoms with Crippen molar-refractivity contribution in [3.8, 4) is 0 Å². The Hall–Kier alpha value is -3.10. The molecule has 0 radical (unpaired) electrons. The maximum absolute atomic E-state index is 11.8. The number of hydrazine groups is 1. The number of amides is 3. The first-order valence-electron chi connectivity index (χ1n) is 7.36. The maximum atomic E-state index is 11.8. The van der Waals surface area contributed by atoms with E-state index in [-0.39, 0.29) is 19.0 Å². The zero-order valence-corrected chi connectivity index (χ0v) is 13.3. The van der Waals surface area contributed by atoms with Crippen molar-refractivity contribution in [1.82, 2.24) is 20.7 Å². The van der Waals surface area contributed by atoms with Gasteiger partial charge in [-0.25, -0.2) is 4.79 Å². The smallest absolute Gasteiger partial charge is 0.408 e. The number of aryl methyl sites for hydroxylation is 1. The van der Waals surface area contributed by atoms with Crippen LogP contribution in [0, 0.1) is 0 Å². The van der Waals surface area contributed by atoms with E-state index in [1.807, 2.05) is 5.43 Å². The molecule has 9 heteroatoms. The number of hydrogen-bond acceptors (Lipinski definition) is 5. The van der Waals surface area contributed by atoms with Gasteiger partial charge in [-0.3, -0.25) is 29.8 Å².